The van der Waals surface area contributed by atoms with Gasteiger partial charge in [0.25, 0.3) is 5.91 Å². The van der Waals surface area contributed by atoms with E-state index in [1.807, 2.05) is 103 Å². The largest absolute Gasteiger partial charge is 0.488 e. The lowest BCUT2D eigenvalue weighted by Crippen LogP contribution is -2.31. The summed E-state index contributed by atoms with van der Waals surface area (Å²) in [6.45, 7) is 5.05. The van der Waals surface area contributed by atoms with Crippen LogP contribution in [-0.2, 0) is 19.8 Å². The van der Waals surface area contributed by atoms with Crippen molar-refractivity contribution in [2.75, 3.05) is 4.90 Å². The Bertz CT molecular complexity index is 1690. The SMILES string of the molecule is CC(C)c1cc(C(=O)N(Cc2ccc(C(=O)O)cc2)c2ccccc2)c(OCc2ccccc2)cc1OCc1ccccc1. The van der Waals surface area contributed by atoms with Gasteiger partial charge in [-0.3, -0.25) is 4.79 Å². The Morgan fingerprint density at radius 1 is 0.659 bits per heavy atom. The maximum absolute atomic E-state index is 14.5. The summed E-state index contributed by atoms with van der Waals surface area (Å²) >= 11 is 0. The molecule has 44 heavy (non-hydrogen) atoms. The maximum atomic E-state index is 14.5. The van der Waals surface area contributed by atoms with Crippen molar-refractivity contribution in [3.63, 3.8) is 0 Å². The topological polar surface area (TPSA) is 76.1 Å². The van der Waals surface area contributed by atoms with Crippen molar-refractivity contribution in [1.82, 2.24) is 0 Å². The quantitative estimate of drug-likeness (QED) is 0.159. The summed E-state index contributed by atoms with van der Waals surface area (Å²) in [5.41, 5.74) is 5.03. The van der Waals surface area contributed by atoms with Gasteiger partial charge in [0.2, 0.25) is 0 Å². The minimum Gasteiger partial charge on any atom is -0.488 e. The maximum Gasteiger partial charge on any atom is 0.335 e. The fourth-order valence-electron chi connectivity index (χ4n) is 4.88. The molecule has 0 spiro atoms. The van der Waals surface area contributed by atoms with Crippen molar-refractivity contribution in [2.45, 2.75) is 39.5 Å². The number of hydrogen-bond acceptors (Lipinski definition) is 4. The third kappa shape index (κ3) is 7.53. The Labute approximate surface area is 258 Å². The van der Waals surface area contributed by atoms with Gasteiger partial charge >= 0.3 is 5.97 Å². The summed E-state index contributed by atoms with van der Waals surface area (Å²) in [5.74, 6) is -0.0710. The van der Waals surface area contributed by atoms with Crippen molar-refractivity contribution >= 4 is 17.6 Å². The number of para-hydroxylation sites is 1. The van der Waals surface area contributed by atoms with Crippen LogP contribution in [0.1, 0.15) is 62.7 Å². The highest BCUT2D eigenvalue weighted by Crippen LogP contribution is 2.36. The standard InChI is InChI=1S/C38H35NO5/c1-27(2)33-22-34(37(40)39(32-16-10-5-11-17-32)24-28-18-20-31(21-19-28)38(41)42)36(44-26-30-14-8-4-9-15-30)23-35(33)43-25-29-12-6-3-7-13-29/h3-23,27H,24-26H2,1-2H3,(H,41,42). The van der Waals surface area contributed by atoms with Crippen LogP contribution < -0.4 is 14.4 Å². The first kappa shape index (κ1) is 30.1. The molecule has 5 aromatic carbocycles. The Kier molecular flexibility index (Phi) is 9.72. The molecule has 1 N–H and O–H groups in total. The van der Waals surface area contributed by atoms with Crippen LogP contribution >= 0.6 is 0 Å². The fraction of sp³-hybridized carbons (Fsp3) is 0.158. The molecule has 0 unspecified atom stereocenters. The summed E-state index contributed by atoms with van der Waals surface area (Å²) in [7, 11) is 0. The average Bonchev–Trinajstić information content (AvgIpc) is 3.06. The zero-order chi connectivity index (χ0) is 30.9. The average molecular weight is 586 g/mol. The molecule has 5 rings (SSSR count). The minimum atomic E-state index is -0.997. The van der Waals surface area contributed by atoms with Gasteiger partial charge in [-0.25, -0.2) is 4.79 Å². The highest BCUT2D eigenvalue weighted by atomic mass is 16.5. The Hall–Kier alpha value is -5.36. The normalized spacial score (nSPS) is 10.8. The molecular weight excluding hydrogens is 550 g/mol. The summed E-state index contributed by atoms with van der Waals surface area (Å²) in [6, 6.07) is 39.5. The predicted molar refractivity (Wildman–Crippen MR) is 172 cm³/mol. The van der Waals surface area contributed by atoms with E-state index in [0.29, 0.717) is 29.4 Å². The zero-order valence-corrected chi connectivity index (χ0v) is 24.9. The number of carbonyl (C=O) groups excluding carboxylic acids is 1. The second kappa shape index (κ2) is 14.2. The number of hydrogen-bond donors (Lipinski definition) is 1. The molecule has 0 saturated carbocycles. The molecular formula is C38H35NO5. The van der Waals surface area contributed by atoms with Gasteiger partial charge in [-0.05, 0) is 58.5 Å². The molecule has 0 aliphatic heterocycles. The van der Waals surface area contributed by atoms with Gasteiger partial charge in [0.1, 0.15) is 24.7 Å². The van der Waals surface area contributed by atoms with Gasteiger partial charge < -0.3 is 19.5 Å². The molecule has 0 aromatic heterocycles. The Morgan fingerprint density at radius 2 is 1.18 bits per heavy atom. The van der Waals surface area contributed by atoms with Gasteiger partial charge in [0, 0.05) is 11.8 Å². The number of benzene rings is 5. The molecule has 0 atom stereocenters. The van der Waals surface area contributed by atoms with E-state index in [-0.39, 0.29) is 30.5 Å². The molecule has 5 aromatic rings. The minimum absolute atomic E-state index is 0.0734. The van der Waals surface area contributed by atoms with Crippen LogP contribution in [-0.4, -0.2) is 17.0 Å². The van der Waals surface area contributed by atoms with E-state index in [2.05, 4.69) is 13.8 Å². The first-order chi connectivity index (χ1) is 21.4. The van der Waals surface area contributed by atoms with Gasteiger partial charge in [-0.2, -0.15) is 0 Å². The van der Waals surface area contributed by atoms with E-state index in [0.717, 1.165) is 22.3 Å². The van der Waals surface area contributed by atoms with Gasteiger partial charge in [0.05, 0.1) is 17.7 Å². The van der Waals surface area contributed by atoms with E-state index >= 15 is 0 Å². The van der Waals surface area contributed by atoms with Crippen LogP contribution in [0.4, 0.5) is 5.69 Å². The molecule has 0 radical (unpaired) electrons. The summed E-state index contributed by atoms with van der Waals surface area (Å²) in [5, 5.41) is 9.34. The van der Waals surface area contributed by atoms with Crippen LogP contribution in [0.25, 0.3) is 0 Å². The number of carboxylic acids is 1. The van der Waals surface area contributed by atoms with Crippen molar-refractivity contribution in [1.29, 1.82) is 0 Å². The number of anilines is 1. The van der Waals surface area contributed by atoms with Crippen molar-refractivity contribution in [2.24, 2.45) is 0 Å². The van der Waals surface area contributed by atoms with Crippen LogP contribution in [0.15, 0.2) is 127 Å². The molecule has 0 fully saturated rings. The molecule has 0 saturated heterocycles. The van der Waals surface area contributed by atoms with Crippen molar-refractivity contribution in [3.05, 3.63) is 161 Å². The first-order valence-corrected chi connectivity index (χ1v) is 14.6. The lowest BCUT2D eigenvalue weighted by Gasteiger charge is -2.26. The van der Waals surface area contributed by atoms with E-state index in [1.165, 1.54) is 0 Å². The van der Waals surface area contributed by atoms with Gasteiger partial charge in [0.15, 0.2) is 0 Å². The summed E-state index contributed by atoms with van der Waals surface area (Å²) < 4.78 is 12.7. The lowest BCUT2D eigenvalue weighted by molar-refractivity contribution is 0.0696. The lowest BCUT2D eigenvalue weighted by atomic mass is 9.97. The highest BCUT2D eigenvalue weighted by Gasteiger charge is 2.25. The molecule has 0 bridgehead atoms. The van der Waals surface area contributed by atoms with Crippen LogP contribution in [0.2, 0.25) is 0 Å². The number of rotatable bonds is 12. The number of ether oxygens (including phenoxy) is 2. The number of carbonyl (C=O) groups is 2. The molecule has 0 aliphatic rings. The number of carboxylic acid groups (broad SMARTS) is 1. The molecule has 6 heteroatoms. The summed E-state index contributed by atoms with van der Waals surface area (Å²) in [6.07, 6.45) is 0. The predicted octanol–water partition coefficient (Wildman–Crippen LogP) is 8.51. The molecule has 0 aliphatic carbocycles. The third-order valence-corrected chi connectivity index (χ3v) is 7.29. The zero-order valence-electron chi connectivity index (χ0n) is 24.9. The molecule has 1 amide bonds. The fourth-order valence-corrected chi connectivity index (χ4v) is 4.88. The Morgan fingerprint density at radius 3 is 1.70 bits per heavy atom. The second-order valence-electron chi connectivity index (χ2n) is 10.8. The first-order valence-electron chi connectivity index (χ1n) is 14.6. The van der Waals surface area contributed by atoms with Gasteiger partial charge in [-0.15, -0.1) is 0 Å². The van der Waals surface area contributed by atoms with E-state index < -0.39 is 5.97 Å². The Balaban J connectivity index is 1.55. The smallest absolute Gasteiger partial charge is 0.335 e. The number of aromatic carboxylic acids is 1. The van der Waals surface area contributed by atoms with Crippen molar-refractivity contribution < 1.29 is 24.2 Å². The molecule has 222 valence electrons. The third-order valence-electron chi connectivity index (χ3n) is 7.29. The van der Waals surface area contributed by atoms with Crippen LogP contribution in [0.3, 0.4) is 0 Å². The molecule has 0 heterocycles. The van der Waals surface area contributed by atoms with Crippen LogP contribution in [0.5, 0.6) is 11.5 Å². The number of amides is 1. The van der Waals surface area contributed by atoms with E-state index in [4.69, 9.17) is 9.47 Å². The highest BCUT2D eigenvalue weighted by molar-refractivity contribution is 6.08. The number of nitrogens with zero attached hydrogens (tertiary/aromatic N) is 1. The van der Waals surface area contributed by atoms with E-state index in [9.17, 15) is 14.7 Å². The van der Waals surface area contributed by atoms with Crippen LogP contribution in [0, 0.1) is 0 Å². The van der Waals surface area contributed by atoms with Crippen molar-refractivity contribution in [3.8, 4) is 11.5 Å². The second-order valence-corrected chi connectivity index (χ2v) is 10.8. The summed E-state index contributed by atoms with van der Waals surface area (Å²) in [4.78, 5) is 27.6. The monoisotopic (exact) mass is 585 g/mol. The molecule has 6 nitrogen and oxygen atoms in total. The van der Waals surface area contributed by atoms with E-state index in [1.54, 1.807) is 29.2 Å². The van der Waals surface area contributed by atoms with Gasteiger partial charge in [-0.1, -0.05) is 105 Å².